The second kappa shape index (κ2) is 5.08. The van der Waals surface area contributed by atoms with Gasteiger partial charge in [0.05, 0.1) is 6.61 Å². The maximum Gasteiger partial charge on any atom is 0.329 e. The average Bonchev–Trinajstić information content (AvgIpc) is 2.58. The highest BCUT2D eigenvalue weighted by atomic mass is 32.2. The molecule has 0 aromatic carbocycles. The van der Waals surface area contributed by atoms with Crippen molar-refractivity contribution in [2.24, 2.45) is 0 Å². The molecule has 6 heteroatoms. The summed E-state index contributed by atoms with van der Waals surface area (Å²) in [4.78, 5) is 35.4. The Morgan fingerprint density at radius 2 is 2.00 bits per heavy atom. The fourth-order valence-corrected chi connectivity index (χ4v) is 3.25. The number of hydrogen-bond acceptors (Lipinski definition) is 5. The number of amides is 1. The predicted octanol–water partition coefficient (Wildman–Crippen LogP) is 0.819. The van der Waals surface area contributed by atoms with Crippen molar-refractivity contribution in [3.63, 3.8) is 0 Å². The van der Waals surface area contributed by atoms with E-state index in [1.165, 1.54) is 30.5 Å². The van der Waals surface area contributed by atoms with Crippen molar-refractivity contribution in [3.8, 4) is 0 Å². The largest absolute Gasteiger partial charge is 0.464 e. The molecule has 1 fully saturated rings. The smallest absolute Gasteiger partial charge is 0.329 e. The summed E-state index contributed by atoms with van der Waals surface area (Å²) in [7, 11) is 0. The van der Waals surface area contributed by atoms with Gasteiger partial charge in [0, 0.05) is 12.7 Å². The van der Waals surface area contributed by atoms with Gasteiger partial charge in [-0.3, -0.25) is 9.59 Å². The molecule has 1 aliphatic rings. The first-order valence-corrected chi connectivity index (χ1v) is 6.44. The van der Waals surface area contributed by atoms with Crippen molar-refractivity contribution >= 4 is 29.4 Å². The molecule has 0 aromatic heterocycles. The molecule has 17 heavy (non-hydrogen) atoms. The summed E-state index contributed by atoms with van der Waals surface area (Å²) < 4.78 is 4.92. The van der Waals surface area contributed by atoms with Crippen LogP contribution in [0.2, 0.25) is 0 Å². The van der Waals surface area contributed by atoms with E-state index in [-0.39, 0.29) is 18.3 Å². The molecule has 0 aliphatic carbocycles. The number of ether oxygens (including phenoxy) is 1. The molecule has 0 saturated carbocycles. The highest BCUT2D eigenvalue weighted by molar-refractivity contribution is 8.01. The number of esters is 1. The SMILES string of the molecule is CCOC(=O)C1CSC(C)(C(C)=O)N1C(C)=O. The molecule has 2 atom stereocenters. The minimum absolute atomic E-state index is 0.135. The van der Waals surface area contributed by atoms with Crippen LogP contribution >= 0.6 is 11.8 Å². The summed E-state index contributed by atoms with van der Waals surface area (Å²) in [6, 6.07) is -0.661. The first-order chi connectivity index (χ1) is 7.84. The van der Waals surface area contributed by atoms with E-state index in [9.17, 15) is 14.4 Å². The van der Waals surface area contributed by atoms with E-state index in [1.807, 2.05) is 0 Å². The fraction of sp³-hybridized carbons (Fsp3) is 0.727. The van der Waals surface area contributed by atoms with Crippen LogP contribution in [-0.4, -0.2) is 45.8 Å². The molecule has 1 aliphatic heterocycles. The number of thioether (sulfide) groups is 1. The molecule has 0 N–H and O–H groups in total. The van der Waals surface area contributed by atoms with Gasteiger partial charge < -0.3 is 9.64 Å². The maximum atomic E-state index is 11.7. The average molecular weight is 259 g/mol. The molecule has 1 rings (SSSR count). The van der Waals surface area contributed by atoms with Crippen LogP contribution in [-0.2, 0) is 19.1 Å². The third-order valence-corrected chi connectivity index (χ3v) is 4.37. The summed E-state index contributed by atoms with van der Waals surface area (Å²) in [5.74, 6) is -0.468. The van der Waals surface area contributed by atoms with E-state index >= 15 is 0 Å². The monoisotopic (exact) mass is 259 g/mol. The lowest BCUT2D eigenvalue weighted by molar-refractivity contribution is -0.155. The Hall–Kier alpha value is -1.04. The minimum Gasteiger partial charge on any atom is -0.464 e. The zero-order valence-electron chi connectivity index (χ0n) is 10.5. The summed E-state index contributed by atoms with van der Waals surface area (Å²) in [5, 5.41) is 0. The van der Waals surface area contributed by atoms with E-state index in [1.54, 1.807) is 13.8 Å². The van der Waals surface area contributed by atoms with Crippen molar-refractivity contribution in [1.82, 2.24) is 4.90 Å². The fourth-order valence-electron chi connectivity index (χ4n) is 1.89. The number of hydrogen-bond donors (Lipinski definition) is 0. The quantitative estimate of drug-likeness (QED) is 0.702. The van der Waals surface area contributed by atoms with Gasteiger partial charge >= 0.3 is 5.97 Å². The molecule has 5 nitrogen and oxygen atoms in total. The summed E-state index contributed by atoms with van der Waals surface area (Å²) in [6.45, 7) is 6.43. The Labute approximate surface area is 105 Å². The van der Waals surface area contributed by atoms with Crippen LogP contribution < -0.4 is 0 Å². The summed E-state index contributed by atoms with van der Waals surface area (Å²) >= 11 is 1.31. The summed E-state index contributed by atoms with van der Waals surface area (Å²) in [5.41, 5.74) is 0. The van der Waals surface area contributed by atoms with E-state index < -0.39 is 16.9 Å². The number of Topliss-reactive ketones (excluding diaryl/α,β-unsaturated/α-hetero) is 1. The topological polar surface area (TPSA) is 63.7 Å². The molecule has 0 radical (unpaired) electrons. The highest BCUT2D eigenvalue weighted by Gasteiger charge is 2.51. The normalized spacial score (nSPS) is 28.0. The van der Waals surface area contributed by atoms with Gasteiger partial charge in [-0.15, -0.1) is 11.8 Å². The Kier molecular flexibility index (Phi) is 4.19. The van der Waals surface area contributed by atoms with Gasteiger partial charge in [-0.2, -0.15) is 0 Å². The predicted molar refractivity (Wildman–Crippen MR) is 64.5 cm³/mol. The standard InChI is InChI=1S/C11H17NO4S/c1-5-16-10(15)9-6-17-11(4,7(2)13)12(9)8(3)14/h9H,5-6H2,1-4H3. The van der Waals surface area contributed by atoms with Crippen LogP contribution in [0.1, 0.15) is 27.7 Å². The van der Waals surface area contributed by atoms with E-state index in [0.717, 1.165) is 0 Å². The second-order valence-corrected chi connectivity index (χ2v) is 5.42. The lowest BCUT2D eigenvalue weighted by Crippen LogP contribution is -2.53. The number of ketones is 1. The zero-order valence-corrected chi connectivity index (χ0v) is 11.3. The number of carbonyl (C=O) groups is 3. The maximum absolute atomic E-state index is 11.7. The molecule has 1 heterocycles. The molecule has 0 spiro atoms. The molecular formula is C11H17NO4S. The van der Waals surface area contributed by atoms with Gasteiger partial charge in [0.15, 0.2) is 5.78 Å². The van der Waals surface area contributed by atoms with Crippen LogP contribution in [0, 0.1) is 0 Å². The lowest BCUT2D eigenvalue weighted by atomic mass is 10.1. The molecule has 96 valence electrons. The van der Waals surface area contributed by atoms with E-state index in [4.69, 9.17) is 4.74 Å². The molecule has 0 bridgehead atoms. The van der Waals surface area contributed by atoms with Crippen LogP contribution in [0.15, 0.2) is 0 Å². The second-order valence-electron chi connectivity index (χ2n) is 4.01. The van der Waals surface area contributed by atoms with E-state index in [2.05, 4.69) is 0 Å². The molecule has 0 aromatic rings. The van der Waals surface area contributed by atoms with Gasteiger partial charge in [-0.1, -0.05) is 0 Å². The number of carbonyl (C=O) groups excluding carboxylic acids is 3. The van der Waals surface area contributed by atoms with E-state index in [0.29, 0.717) is 5.75 Å². The minimum atomic E-state index is -0.955. The van der Waals surface area contributed by atoms with Crippen LogP contribution in [0.4, 0.5) is 0 Å². The van der Waals surface area contributed by atoms with Crippen molar-refractivity contribution in [1.29, 1.82) is 0 Å². The third kappa shape index (κ3) is 2.46. The van der Waals surface area contributed by atoms with Gasteiger partial charge in [0.1, 0.15) is 10.9 Å². The van der Waals surface area contributed by atoms with Gasteiger partial charge in [-0.25, -0.2) is 4.79 Å². The Bertz CT molecular complexity index is 357. The summed E-state index contributed by atoms with van der Waals surface area (Å²) in [6.07, 6.45) is 0. The van der Waals surface area contributed by atoms with Crippen LogP contribution in [0.25, 0.3) is 0 Å². The molecule has 1 amide bonds. The molecule has 2 unspecified atom stereocenters. The highest BCUT2D eigenvalue weighted by Crippen LogP contribution is 2.40. The third-order valence-electron chi connectivity index (χ3n) is 2.84. The lowest BCUT2D eigenvalue weighted by Gasteiger charge is -2.33. The Morgan fingerprint density at radius 3 is 2.41 bits per heavy atom. The first-order valence-electron chi connectivity index (χ1n) is 5.46. The molecular weight excluding hydrogens is 242 g/mol. The van der Waals surface area contributed by atoms with Crippen molar-refractivity contribution in [2.75, 3.05) is 12.4 Å². The van der Waals surface area contributed by atoms with Gasteiger partial charge in [0.2, 0.25) is 5.91 Å². The Balaban J connectivity index is 3.01. The first kappa shape index (κ1) is 14.0. The van der Waals surface area contributed by atoms with Crippen molar-refractivity contribution in [2.45, 2.75) is 38.6 Å². The Morgan fingerprint density at radius 1 is 1.41 bits per heavy atom. The number of rotatable bonds is 3. The van der Waals surface area contributed by atoms with Gasteiger partial charge in [-0.05, 0) is 20.8 Å². The van der Waals surface area contributed by atoms with Crippen LogP contribution in [0.5, 0.6) is 0 Å². The molecule has 1 saturated heterocycles. The zero-order chi connectivity index (χ0) is 13.2. The van der Waals surface area contributed by atoms with Crippen LogP contribution in [0.3, 0.4) is 0 Å². The van der Waals surface area contributed by atoms with Gasteiger partial charge in [0.25, 0.3) is 0 Å². The van der Waals surface area contributed by atoms with Crippen molar-refractivity contribution < 1.29 is 19.1 Å². The van der Waals surface area contributed by atoms with Crippen molar-refractivity contribution in [3.05, 3.63) is 0 Å². The number of nitrogens with zero attached hydrogens (tertiary/aromatic N) is 1.